The number of methoxy groups -OCH3 is 2. The summed E-state index contributed by atoms with van der Waals surface area (Å²) in [6, 6.07) is 2.48. The lowest BCUT2D eigenvalue weighted by molar-refractivity contribution is -0.0441. The van der Waals surface area contributed by atoms with Gasteiger partial charge in [-0.2, -0.15) is 0 Å². The number of hydrogen-bond donors (Lipinski definition) is 0. The molecule has 0 unspecified atom stereocenters. The molecule has 0 heterocycles. The summed E-state index contributed by atoms with van der Waals surface area (Å²) in [5.74, 6) is 1.32. The standard InChI is InChI=1S/C12H29NO2S3Si/c1-10(2)13(11(3)4)17-18-16-8-7-9-19-12(14-5)15-6/h10-12H,7-9,19H2,1-6H3. The highest BCUT2D eigenvalue weighted by molar-refractivity contribution is 9.09. The van der Waals surface area contributed by atoms with Crippen molar-refractivity contribution in [3.05, 3.63) is 0 Å². The van der Waals surface area contributed by atoms with Crippen LogP contribution in [0.1, 0.15) is 34.1 Å². The second-order valence-corrected chi connectivity index (χ2v) is 11.0. The molecule has 0 aromatic heterocycles. The molecular weight excluding hydrogens is 314 g/mol. The first kappa shape index (κ1) is 20.1. The van der Waals surface area contributed by atoms with Gasteiger partial charge in [0.25, 0.3) is 0 Å². The van der Waals surface area contributed by atoms with E-state index in [-0.39, 0.29) is 15.4 Å². The van der Waals surface area contributed by atoms with Crippen LogP contribution in [0, 0.1) is 0 Å². The fraction of sp³-hybridized carbons (Fsp3) is 1.00. The van der Waals surface area contributed by atoms with Crippen molar-refractivity contribution in [2.24, 2.45) is 0 Å². The van der Waals surface area contributed by atoms with Gasteiger partial charge in [-0.25, -0.2) is 4.31 Å². The lowest BCUT2D eigenvalue weighted by atomic mass is 10.3. The summed E-state index contributed by atoms with van der Waals surface area (Å²) < 4.78 is 12.9. The van der Waals surface area contributed by atoms with Crippen molar-refractivity contribution < 1.29 is 9.47 Å². The molecule has 0 atom stereocenters. The van der Waals surface area contributed by atoms with Gasteiger partial charge in [0, 0.05) is 43.0 Å². The summed E-state index contributed by atoms with van der Waals surface area (Å²) in [4.78, 5) is 0. The Hall–Kier alpha value is 1.15. The lowest BCUT2D eigenvalue weighted by Crippen LogP contribution is -2.29. The van der Waals surface area contributed by atoms with Crippen LogP contribution in [-0.2, 0) is 9.47 Å². The molecule has 0 amide bonds. The van der Waals surface area contributed by atoms with Gasteiger partial charge in [0.15, 0.2) is 0 Å². The Morgan fingerprint density at radius 3 is 2.11 bits per heavy atom. The van der Waals surface area contributed by atoms with Crippen LogP contribution in [0.25, 0.3) is 0 Å². The Labute approximate surface area is 133 Å². The fourth-order valence-electron chi connectivity index (χ4n) is 1.66. The van der Waals surface area contributed by atoms with Crippen LogP contribution in [0.5, 0.6) is 0 Å². The molecule has 0 aliphatic heterocycles. The highest BCUT2D eigenvalue weighted by atomic mass is 33.5. The Balaban J connectivity index is 3.49. The van der Waals surface area contributed by atoms with Gasteiger partial charge in [-0.1, -0.05) is 16.8 Å². The van der Waals surface area contributed by atoms with Gasteiger partial charge in [0.2, 0.25) is 0 Å². The van der Waals surface area contributed by atoms with E-state index >= 15 is 0 Å². The van der Waals surface area contributed by atoms with Crippen molar-refractivity contribution in [1.29, 1.82) is 0 Å². The van der Waals surface area contributed by atoms with E-state index in [4.69, 9.17) is 9.47 Å². The van der Waals surface area contributed by atoms with Crippen molar-refractivity contribution in [2.45, 2.75) is 58.2 Å². The zero-order chi connectivity index (χ0) is 14.7. The van der Waals surface area contributed by atoms with E-state index in [2.05, 4.69) is 32.0 Å². The molecule has 7 heteroatoms. The maximum absolute atomic E-state index is 5.23. The van der Waals surface area contributed by atoms with Crippen molar-refractivity contribution in [3.63, 3.8) is 0 Å². The second kappa shape index (κ2) is 12.9. The molecule has 0 spiro atoms. The summed E-state index contributed by atoms with van der Waals surface area (Å²) in [7, 11) is 8.98. The molecule has 0 saturated carbocycles. The number of rotatable bonds is 12. The van der Waals surface area contributed by atoms with Crippen molar-refractivity contribution >= 4 is 41.1 Å². The third-order valence-corrected chi connectivity index (χ3v) is 9.20. The van der Waals surface area contributed by atoms with Crippen LogP contribution in [0.2, 0.25) is 6.04 Å². The molecule has 0 saturated heterocycles. The Morgan fingerprint density at radius 1 is 1.05 bits per heavy atom. The first-order valence-electron chi connectivity index (χ1n) is 6.83. The monoisotopic (exact) mass is 343 g/mol. The van der Waals surface area contributed by atoms with Gasteiger partial charge >= 0.3 is 0 Å². The average Bonchev–Trinajstić information content (AvgIpc) is 2.36. The van der Waals surface area contributed by atoms with Gasteiger partial charge in [-0.05, 0) is 43.9 Å². The van der Waals surface area contributed by atoms with E-state index in [1.807, 2.05) is 31.6 Å². The van der Waals surface area contributed by atoms with Crippen LogP contribution < -0.4 is 0 Å². The van der Waals surface area contributed by atoms with E-state index in [1.54, 1.807) is 14.2 Å². The van der Waals surface area contributed by atoms with Crippen LogP contribution in [-0.4, -0.2) is 51.8 Å². The molecule has 0 aliphatic carbocycles. The molecule has 19 heavy (non-hydrogen) atoms. The maximum Gasteiger partial charge on any atom is 0.134 e. The van der Waals surface area contributed by atoms with E-state index in [1.165, 1.54) is 18.2 Å². The second-order valence-electron chi connectivity index (χ2n) is 4.91. The SMILES string of the molecule is COC(OC)[SiH2]CCCSSSN(C(C)C)C(C)C. The van der Waals surface area contributed by atoms with Crippen LogP contribution in [0.4, 0.5) is 0 Å². The highest BCUT2D eigenvalue weighted by Crippen LogP contribution is 2.39. The molecule has 0 aromatic carbocycles. The molecule has 0 radical (unpaired) electrons. The lowest BCUT2D eigenvalue weighted by Gasteiger charge is -2.27. The van der Waals surface area contributed by atoms with E-state index in [0.717, 1.165) is 0 Å². The van der Waals surface area contributed by atoms with Gasteiger partial charge in [0.05, 0.1) is 9.52 Å². The first-order chi connectivity index (χ1) is 9.02. The molecule has 3 nitrogen and oxygen atoms in total. The minimum absolute atomic E-state index is 0.101. The van der Waals surface area contributed by atoms with Crippen LogP contribution >= 0.6 is 31.6 Å². The molecule has 0 aliphatic rings. The van der Waals surface area contributed by atoms with E-state index < -0.39 is 0 Å². The molecule has 0 fully saturated rings. The largest absolute Gasteiger partial charge is 0.360 e. The summed E-state index contributed by atoms with van der Waals surface area (Å²) in [6.45, 7) is 9.00. The summed E-state index contributed by atoms with van der Waals surface area (Å²) >= 11 is 0. The van der Waals surface area contributed by atoms with Crippen molar-refractivity contribution in [3.8, 4) is 0 Å². The van der Waals surface area contributed by atoms with Crippen LogP contribution in [0.3, 0.4) is 0 Å². The number of hydrogen-bond acceptors (Lipinski definition) is 6. The van der Waals surface area contributed by atoms with Gasteiger partial charge < -0.3 is 9.47 Å². The Bertz CT molecular complexity index is 199. The molecule has 116 valence electrons. The predicted molar refractivity (Wildman–Crippen MR) is 95.5 cm³/mol. The average molecular weight is 344 g/mol. The summed E-state index contributed by atoms with van der Waals surface area (Å²) in [6.07, 6.45) is 1.27. The minimum Gasteiger partial charge on any atom is -0.360 e. The zero-order valence-corrected chi connectivity index (χ0v) is 16.9. The van der Waals surface area contributed by atoms with Gasteiger partial charge in [0.1, 0.15) is 5.91 Å². The van der Waals surface area contributed by atoms with Gasteiger partial charge in [-0.3, -0.25) is 0 Å². The third-order valence-electron chi connectivity index (χ3n) is 2.63. The molecule has 0 aromatic rings. The first-order valence-corrected chi connectivity index (χ1v) is 12.3. The summed E-state index contributed by atoms with van der Waals surface area (Å²) in [5, 5.41) is 0. The minimum atomic E-state index is -0.235. The fourth-order valence-corrected chi connectivity index (χ4v) is 7.78. The molecule has 0 bridgehead atoms. The maximum atomic E-state index is 5.23. The Kier molecular flexibility index (Phi) is 13.6. The molecule has 0 rings (SSSR count). The number of nitrogens with zero attached hydrogens (tertiary/aromatic N) is 1. The normalized spacial score (nSPS) is 12.9. The van der Waals surface area contributed by atoms with Crippen LogP contribution in [0.15, 0.2) is 0 Å². The molecule has 0 N–H and O–H groups in total. The van der Waals surface area contributed by atoms with Crippen molar-refractivity contribution in [1.82, 2.24) is 4.31 Å². The van der Waals surface area contributed by atoms with E-state index in [9.17, 15) is 0 Å². The Morgan fingerprint density at radius 2 is 1.63 bits per heavy atom. The highest BCUT2D eigenvalue weighted by Gasteiger charge is 2.14. The zero-order valence-electron chi connectivity index (χ0n) is 13.0. The summed E-state index contributed by atoms with van der Waals surface area (Å²) in [5.41, 5.74) is 0. The quantitative estimate of drug-likeness (QED) is 0.176. The third kappa shape index (κ3) is 10.5. The predicted octanol–water partition coefficient (Wildman–Crippen LogP) is 3.60. The number of ether oxygens (including phenoxy) is 2. The van der Waals surface area contributed by atoms with Crippen molar-refractivity contribution in [2.75, 3.05) is 20.0 Å². The van der Waals surface area contributed by atoms with Gasteiger partial charge in [-0.15, -0.1) is 0 Å². The molecular formula is C12H29NO2S3Si. The topological polar surface area (TPSA) is 21.7 Å². The smallest absolute Gasteiger partial charge is 0.134 e. The van der Waals surface area contributed by atoms with E-state index in [0.29, 0.717) is 12.1 Å².